The van der Waals surface area contributed by atoms with Crippen molar-refractivity contribution in [3.05, 3.63) is 18.7 Å². The predicted octanol–water partition coefficient (Wildman–Crippen LogP) is 0.710. The minimum absolute atomic E-state index is 0.230. The minimum atomic E-state index is -0.230. The largest absolute Gasteiger partial charge is 0.390 e. The van der Waals surface area contributed by atoms with Crippen molar-refractivity contribution in [3.63, 3.8) is 0 Å². The summed E-state index contributed by atoms with van der Waals surface area (Å²) in [6.45, 7) is 5.84. The van der Waals surface area contributed by atoms with E-state index in [1.807, 2.05) is 18.7 Å². The Morgan fingerprint density at radius 3 is 2.84 bits per heavy atom. The van der Waals surface area contributed by atoms with E-state index in [4.69, 9.17) is 0 Å². The van der Waals surface area contributed by atoms with Crippen LogP contribution in [-0.4, -0.2) is 58.4 Å². The number of nitrogens with one attached hydrogen (secondary N) is 1. The van der Waals surface area contributed by atoms with Gasteiger partial charge < -0.3 is 19.9 Å². The molecule has 1 unspecified atom stereocenters. The summed E-state index contributed by atoms with van der Waals surface area (Å²) in [7, 11) is 0. The summed E-state index contributed by atoms with van der Waals surface area (Å²) in [6, 6.07) is 0. The molecule has 108 valence electrons. The third kappa shape index (κ3) is 5.72. The maximum atomic E-state index is 9.90. The Morgan fingerprint density at radius 1 is 1.26 bits per heavy atom. The van der Waals surface area contributed by atoms with Crippen LogP contribution in [0.4, 0.5) is 0 Å². The standard InChI is InChI=1S/C14H26N4O/c19-14(12-17-7-3-4-8-17)11-15-5-1-2-9-18-10-6-16-13-18/h6,10,13-15,19H,1-5,7-9,11-12H2. The summed E-state index contributed by atoms with van der Waals surface area (Å²) in [5, 5.41) is 13.2. The van der Waals surface area contributed by atoms with Crippen LogP contribution in [0.25, 0.3) is 0 Å². The highest BCUT2D eigenvalue weighted by Gasteiger charge is 2.14. The molecule has 19 heavy (non-hydrogen) atoms. The van der Waals surface area contributed by atoms with E-state index in [1.165, 1.54) is 12.8 Å². The molecule has 1 atom stereocenters. The molecule has 2 heterocycles. The fraction of sp³-hybridized carbons (Fsp3) is 0.786. The second-order valence-electron chi connectivity index (χ2n) is 5.37. The molecule has 5 heteroatoms. The first-order chi connectivity index (χ1) is 9.34. The zero-order valence-electron chi connectivity index (χ0n) is 11.7. The highest BCUT2D eigenvalue weighted by atomic mass is 16.3. The van der Waals surface area contributed by atoms with Crippen molar-refractivity contribution in [3.8, 4) is 0 Å². The molecule has 5 nitrogen and oxygen atoms in total. The van der Waals surface area contributed by atoms with E-state index in [0.29, 0.717) is 6.54 Å². The Balaban J connectivity index is 1.42. The van der Waals surface area contributed by atoms with Crippen LogP contribution < -0.4 is 5.32 Å². The molecular formula is C14H26N4O. The normalized spacial score (nSPS) is 17.9. The van der Waals surface area contributed by atoms with Crippen LogP contribution in [0.3, 0.4) is 0 Å². The minimum Gasteiger partial charge on any atom is -0.390 e. The first kappa shape index (κ1) is 14.5. The molecule has 0 amide bonds. The Morgan fingerprint density at radius 2 is 2.11 bits per heavy atom. The molecule has 0 aromatic carbocycles. The number of aliphatic hydroxyl groups is 1. The molecule has 1 aliphatic rings. The lowest BCUT2D eigenvalue weighted by molar-refractivity contribution is 0.123. The maximum absolute atomic E-state index is 9.90. The summed E-state index contributed by atoms with van der Waals surface area (Å²) in [6.07, 6.45) is 10.3. The smallest absolute Gasteiger partial charge is 0.0945 e. The van der Waals surface area contributed by atoms with Gasteiger partial charge in [-0.1, -0.05) is 0 Å². The molecule has 1 aromatic heterocycles. The van der Waals surface area contributed by atoms with Gasteiger partial charge in [0, 0.05) is 32.0 Å². The van der Waals surface area contributed by atoms with Crippen molar-refractivity contribution < 1.29 is 5.11 Å². The molecule has 0 bridgehead atoms. The number of aryl methyl sites for hydroxylation is 1. The van der Waals surface area contributed by atoms with E-state index in [0.717, 1.165) is 45.6 Å². The number of aromatic nitrogens is 2. The fourth-order valence-electron chi connectivity index (χ4n) is 2.56. The monoisotopic (exact) mass is 266 g/mol. The third-order valence-corrected chi connectivity index (χ3v) is 3.63. The first-order valence-corrected chi connectivity index (χ1v) is 7.41. The van der Waals surface area contributed by atoms with E-state index in [9.17, 15) is 5.11 Å². The van der Waals surface area contributed by atoms with Crippen LogP contribution >= 0.6 is 0 Å². The Hall–Kier alpha value is -0.910. The Labute approximate surface area is 115 Å². The number of aliphatic hydroxyl groups excluding tert-OH is 1. The predicted molar refractivity (Wildman–Crippen MR) is 76.0 cm³/mol. The van der Waals surface area contributed by atoms with E-state index in [1.54, 1.807) is 0 Å². The average Bonchev–Trinajstić information content (AvgIpc) is 3.06. The molecule has 2 rings (SSSR count). The van der Waals surface area contributed by atoms with Crippen LogP contribution in [0.15, 0.2) is 18.7 Å². The van der Waals surface area contributed by atoms with Crippen molar-refractivity contribution in [2.45, 2.75) is 38.3 Å². The van der Waals surface area contributed by atoms with Gasteiger partial charge in [0.1, 0.15) is 0 Å². The molecule has 1 aliphatic heterocycles. The molecule has 2 N–H and O–H groups in total. The van der Waals surface area contributed by atoms with Crippen LogP contribution in [0.1, 0.15) is 25.7 Å². The molecule has 0 aliphatic carbocycles. The molecule has 0 radical (unpaired) electrons. The van der Waals surface area contributed by atoms with Crippen LogP contribution in [0, 0.1) is 0 Å². The van der Waals surface area contributed by atoms with Gasteiger partial charge in [0.2, 0.25) is 0 Å². The Bertz CT molecular complexity index is 322. The van der Waals surface area contributed by atoms with Gasteiger partial charge in [-0.25, -0.2) is 4.98 Å². The zero-order valence-corrected chi connectivity index (χ0v) is 11.7. The van der Waals surface area contributed by atoms with Gasteiger partial charge in [-0.2, -0.15) is 0 Å². The van der Waals surface area contributed by atoms with E-state index in [2.05, 4.69) is 19.8 Å². The number of imidazole rings is 1. The summed E-state index contributed by atoms with van der Waals surface area (Å²) in [5.74, 6) is 0. The van der Waals surface area contributed by atoms with Gasteiger partial charge in [-0.15, -0.1) is 0 Å². The summed E-state index contributed by atoms with van der Waals surface area (Å²) < 4.78 is 2.10. The van der Waals surface area contributed by atoms with Crippen LogP contribution in [-0.2, 0) is 6.54 Å². The number of unbranched alkanes of at least 4 members (excludes halogenated alkanes) is 1. The number of β-amino-alcohol motifs (C(OH)–C–C–N with tert-alkyl or cyclic N) is 1. The summed E-state index contributed by atoms with van der Waals surface area (Å²) in [5.41, 5.74) is 0. The van der Waals surface area contributed by atoms with Gasteiger partial charge in [0.05, 0.1) is 12.4 Å². The summed E-state index contributed by atoms with van der Waals surface area (Å²) >= 11 is 0. The van der Waals surface area contributed by atoms with E-state index in [-0.39, 0.29) is 6.10 Å². The van der Waals surface area contributed by atoms with Crippen LogP contribution in [0.5, 0.6) is 0 Å². The first-order valence-electron chi connectivity index (χ1n) is 7.41. The van der Waals surface area contributed by atoms with Crippen LogP contribution in [0.2, 0.25) is 0 Å². The van der Waals surface area contributed by atoms with E-state index < -0.39 is 0 Å². The topological polar surface area (TPSA) is 53.3 Å². The number of likely N-dealkylation sites (tertiary alicyclic amines) is 1. The lowest BCUT2D eigenvalue weighted by Crippen LogP contribution is -2.37. The van der Waals surface area contributed by atoms with Gasteiger partial charge in [0.25, 0.3) is 0 Å². The number of hydrogen-bond donors (Lipinski definition) is 2. The van der Waals surface area contributed by atoms with Gasteiger partial charge in [-0.3, -0.25) is 0 Å². The third-order valence-electron chi connectivity index (χ3n) is 3.63. The zero-order chi connectivity index (χ0) is 13.3. The van der Waals surface area contributed by atoms with Crippen molar-refractivity contribution in [2.75, 3.05) is 32.7 Å². The van der Waals surface area contributed by atoms with E-state index >= 15 is 0 Å². The lowest BCUT2D eigenvalue weighted by atomic mass is 10.3. The second-order valence-corrected chi connectivity index (χ2v) is 5.37. The number of nitrogens with zero attached hydrogens (tertiary/aromatic N) is 3. The molecule has 0 spiro atoms. The van der Waals surface area contributed by atoms with Gasteiger partial charge in [-0.05, 0) is 45.3 Å². The average molecular weight is 266 g/mol. The SMILES string of the molecule is OC(CNCCCCn1ccnc1)CN1CCCC1. The van der Waals surface area contributed by atoms with Gasteiger partial charge in [0.15, 0.2) is 0 Å². The van der Waals surface area contributed by atoms with Gasteiger partial charge >= 0.3 is 0 Å². The Kier molecular flexibility index (Phi) is 6.33. The molecular weight excluding hydrogens is 240 g/mol. The summed E-state index contributed by atoms with van der Waals surface area (Å²) in [4.78, 5) is 6.37. The van der Waals surface area contributed by atoms with Crippen molar-refractivity contribution in [1.82, 2.24) is 19.8 Å². The molecule has 1 aromatic rings. The highest BCUT2D eigenvalue weighted by molar-refractivity contribution is 4.74. The molecule has 1 saturated heterocycles. The second kappa shape index (κ2) is 8.30. The number of hydrogen-bond acceptors (Lipinski definition) is 4. The number of rotatable bonds is 9. The van der Waals surface area contributed by atoms with Crippen molar-refractivity contribution in [2.24, 2.45) is 0 Å². The highest BCUT2D eigenvalue weighted by Crippen LogP contribution is 2.07. The lowest BCUT2D eigenvalue weighted by Gasteiger charge is -2.19. The van der Waals surface area contributed by atoms with Crippen molar-refractivity contribution >= 4 is 0 Å². The maximum Gasteiger partial charge on any atom is 0.0945 e. The van der Waals surface area contributed by atoms with Crippen molar-refractivity contribution in [1.29, 1.82) is 0 Å². The molecule has 1 fully saturated rings. The quantitative estimate of drug-likeness (QED) is 0.646. The molecule has 0 saturated carbocycles. The fourth-order valence-corrected chi connectivity index (χ4v) is 2.56.